The van der Waals surface area contributed by atoms with Crippen molar-refractivity contribution in [1.82, 2.24) is 24.5 Å². The van der Waals surface area contributed by atoms with E-state index in [2.05, 4.69) is 20.0 Å². The number of nitrogens with zero attached hydrogens (tertiary/aromatic N) is 4. The second-order valence-corrected chi connectivity index (χ2v) is 6.77. The fraction of sp³-hybridized carbons (Fsp3) is 0.389. The van der Waals surface area contributed by atoms with E-state index in [0.29, 0.717) is 18.7 Å². The Morgan fingerprint density at radius 2 is 2.16 bits per heavy atom. The molecule has 2 atom stereocenters. The molecule has 0 aromatic carbocycles. The van der Waals surface area contributed by atoms with Gasteiger partial charge in [0.15, 0.2) is 5.65 Å². The maximum atomic E-state index is 12.2. The van der Waals surface area contributed by atoms with Gasteiger partial charge in [-0.3, -0.25) is 19.8 Å². The number of aromatic nitrogens is 4. The van der Waals surface area contributed by atoms with E-state index in [-0.39, 0.29) is 17.6 Å². The van der Waals surface area contributed by atoms with Gasteiger partial charge in [-0.1, -0.05) is 6.07 Å². The van der Waals surface area contributed by atoms with E-state index in [4.69, 9.17) is 0 Å². The second kappa shape index (κ2) is 6.42. The first-order valence-corrected chi connectivity index (χ1v) is 8.47. The van der Waals surface area contributed by atoms with Crippen molar-refractivity contribution in [2.75, 3.05) is 13.1 Å². The molecule has 0 spiro atoms. The van der Waals surface area contributed by atoms with Crippen molar-refractivity contribution >= 4 is 5.65 Å². The molecule has 0 unspecified atom stereocenters. The van der Waals surface area contributed by atoms with E-state index < -0.39 is 0 Å². The number of pyridine rings is 1. The van der Waals surface area contributed by atoms with Crippen LogP contribution in [0.4, 0.5) is 0 Å². The van der Waals surface area contributed by atoms with E-state index >= 15 is 0 Å². The van der Waals surface area contributed by atoms with Gasteiger partial charge in [0.05, 0.1) is 11.8 Å². The summed E-state index contributed by atoms with van der Waals surface area (Å²) in [5.74, 6) is 0.147. The van der Waals surface area contributed by atoms with E-state index in [1.165, 1.54) is 4.52 Å². The molecule has 1 saturated heterocycles. The molecule has 1 aliphatic rings. The number of fused-ring (bicyclic) bond motifs is 1. The van der Waals surface area contributed by atoms with Crippen LogP contribution in [0.2, 0.25) is 0 Å². The lowest BCUT2D eigenvalue weighted by Gasteiger charge is -2.15. The van der Waals surface area contributed by atoms with Crippen molar-refractivity contribution in [3.8, 4) is 0 Å². The summed E-state index contributed by atoms with van der Waals surface area (Å²) in [7, 11) is 0. The second-order valence-electron chi connectivity index (χ2n) is 6.77. The zero-order valence-corrected chi connectivity index (χ0v) is 14.1. The molecule has 2 N–H and O–H groups in total. The predicted octanol–water partition coefficient (Wildman–Crippen LogP) is 0.761. The summed E-state index contributed by atoms with van der Waals surface area (Å²) in [5, 5.41) is 13.3. The summed E-state index contributed by atoms with van der Waals surface area (Å²) in [6.07, 6.45) is 2.14. The maximum absolute atomic E-state index is 12.2. The van der Waals surface area contributed by atoms with Crippen molar-refractivity contribution in [3.05, 3.63) is 64.0 Å². The lowest BCUT2D eigenvalue weighted by Crippen LogP contribution is -2.24. The van der Waals surface area contributed by atoms with Gasteiger partial charge in [0.25, 0.3) is 5.56 Å². The van der Waals surface area contributed by atoms with Crippen LogP contribution < -0.4 is 5.56 Å². The van der Waals surface area contributed by atoms with Crippen LogP contribution in [0.25, 0.3) is 5.65 Å². The summed E-state index contributed by atoms with van der Waals surface area (Å²) in [6.45, 7) is 3.81. The Morgan fingerprint density at radius 3 is 2.96 bits per heavy atom. The van der Waals surface area contributed by atoms with E-state index in [0.717, 1.165) is 30.0 Å². The van der Waals surface area contributed by atoms with Crippen molar-refractivity contribution in [1.29, 1.82) is 0 Å². The molecule has 130 valence electrons. The molecule has 0 aliphatic carbocycles. The number of nitrogens with one attached hydrogen (secondary N) is 1. The summed E-state index contributed by atoms with van der Waals surface area (Å²) < 4.78 is 1.45. The molecule has 4 heterocycles. The Balaban J connectivity index is 1.47. The molecule has 0 amide bonds. The van der Waals surface area contributed by atoms with Crippen molar-refractivity contribution in [2.24, 2.45) is 5.92 Å². The third-order valence-electron chi connectivity index (χ3n) is 4.70. The van der Waals surface area contributed by atoms with Crippen LogP contribution in [0, 0.1) is 12.8 Å². The summed E-state index contributed by atoms with van der Waals surface area (Å²) in [4.78, 5) is 23.2. The largest absolute Gasteiger partial charge is 0.391 e. The lowest BCUT2D eigenvalue weighted by molar-refractivity contribution is 0.140. The number of aliphatic hydroxyl groups excluding tert-OH is 1. The third kappa shape index (κ3) is 3.33. The number of H-pyrrole nitrogens is 1. The highest BCUT2D eigenvalue weighted by molar-refractivity contribution is 5.39. The molecule has 7 heteroatoms. The topological polar surface area (TPSA) is 86.5 Å². The van der Waals surface area contributed by atoms with Gasteiger partial charge in [0.2, 0.25) is 0 Å². The Bertz CT molecular complexity index is 934. The number of rotatable bonds is 4. The van der Waals surface area contributed by atoms with Gasteiger partial charge in [0.1, 0.15) is 0 Å². The molecule has 0 saturated carbocycles. The Morgan fingerprint density at radius 1 is 1.28 bits per heavy atom. The van der Waals surface area contributed by atoms with Gasteiger partial charge in [-0.2, -0.15) is 0 Å². The number of aliphatic hydroxyl groups is 1. The number of β-amino-alcohol motifs (C(OH)–C–C–N with tert-alkyl or cyclic N) is 1. The molecule has 25 heavy (non-hydrogen) atoms. The molecular weight excluding hydrogens is 318 g/mol. The first-order chi connectivity index (χ1) is 12.1. The van der Waals surface area contributed by atoms with Crippen LogP contribution in [0.5, 0.6) is 0 Å². The third-order valence-corrected chi connectivity index (χ3v) is 4.70. The molecule has 4 rings (SSSR count). The molecule has 3 aromatic rings. The minimum Gasteiger partial charge on any atom is -0.391 e. The van der Waals surface area contributed by atoms with Crippen molar-refractivity contribution < 1.29 is 5.11 Å². The Labute approximate surface area is 144 Å². The smallest absolute Gasteiger partial charge is 0.272 e. The van der Waals surface area contributed by atoms with Gasteiger partial charge in [0, 0.05) is 55.3 Å². The average Bonchev–Trinajstić information content (AvgIpc) is 3.11. The van der Waals surface area contributed by atoms with Crippen LogP contribution in [0.1, 0.15) is 17.1 Å². The first-order valence-electron chi connectivity index (χ1n) is 8.47. The molecule has 7 nitrogen and oxygen atoms in total. The van der Waals surface area contributed by atoms with Gasteiger partial charge in [-0.25, -0.2) is 9.50 Å². The highest BCUT2D eigenvalue weighted by atomic mass is 16.3. The highest BCUT2D eigenvalue weighted by Crippen LogP contribution is 2.22. The van der Waals surface area contributed by atoms with Crippen molar-refractivity contribution in [3.63, 3.8) is 0 Å². The fourth-order valence-corrected chi connectivity index (χ4v) is 3.53. The molecular formula is C18H21N5O2. The summed E-state index contributed by atoms with van der Waals surface area (Å²) in [5.41, 5.74) is 3.14. The predicted molar refractivity (Wildman–Crippen MR) is 93.3 cm³/mol. The lowest BCUT2D eigenvalue weighted by atomic mass is 10.00. The molecule has 1 aliphatic heterocycles. The quantitative estimate of drug-likeness (QED) is 0.733. The summed E-state index contributed by atoms with van der Waals surface area (Å²) >= 11 is 0. The van der Waals surface area contributed by atoms with Gasteiger partial charge in [-0.15, -0.1) is 0 Å². The monoisotopic (exact) mass is 339 g/mol. The standard InChI is InChI=1S/C18H21N5O2/c1-12-6-17-20-15(8-18(25)23(17)21-12)10-22-9-13(16(24)11-22)7-14-4-2-3-5-19-14/h2-6,8,13,16,21,24H,7,9-11H2,1H3/t13-,16-/m1/s1. The average molecular weight is 339 g/mol. The van der Waals surface area contributed by atoms with Crippen LogP contribution in [-0.2, 0) is 13.0 Å². The van der Waals surface area contributed by atoms with Crippen molar-refractivity contribution in [2.45, 2.75) is 26.0 Å². The normalized spacial score (nSPS) is 21.2. The minimum atomic E-state index is -0.388. The van der Waals surface area contributed by atoms with Crippen LogP contribution in [0.3, 0.4) is 0 Å². The zero-order valence-electron chi connectivity index (χ0n) is 14.1. The van der Waals surface area contributed by atoms with Crippen LogP contribution >= 0.6 is 0 Å². The van der Waals surface area contributed by atoms with E-state index in [1.807, 2.05) is 31.2 Å². The molecule has 0 radical (unpaired) electrons. The maximum Gasteiger partial charge on any atom is 0.272 e. The van der Waals surface area contributed by atoms with Gasteiger partial charge in [-0.05, 0) is 25.5 Å². The summed E-state index contributed by atoms with van der Waals surface area (Å²) in [6, 6.07) is 9.26. The minimum absolute atomic E-state index is 0.113. The number of likely N-dealkylation sites (tertiary alicyclic amines) is 1. The zero-order chi connectivity index (χ0) is 17.4. The van der Waals surface area contributed by atoms with E-state index in [9.17, 15) is 9.90 Å². The first kappa shape index (κ1) is 16.0. The fourth-order valence-electron chi connectivity index (χ4n) is 3.53. The number of aromatic amines is 1. The molecule has 0 bridgehead atoms. The molecule has 3 aromatic heterocycles. The van der Waals surface area contributed by atoms with Gasteiger partial charge < -0.3 is 5.11 Å². The molecule has 1 fully saturated rings. The number of hydrogen-bond donors (Lipinski definition) is 2. The number of aryl methyl sites for hydroxylation is 1. The number of hydrogen-bond acceptors (Lipinski definition) is 5. The van der Waals surface area contributed by atoms with Crippen LogP contribution in [0.15, 0.2) is 41.3 Å². The van der Waals surface area contributed by atoms with Crippen LogP contribution in [-0.4, -0.2) is 48.8 Å². The Kier molecular flexibility index (Phi) is 4.10. The van der Waals surface area contributed by atoms with E-state index in [1.54, 1.807) is 12.3 Å². The van der Waals surface area contributed by atoms with Gasteiger partial charge >= 0.3 is 0 Å². The highest BCUT2D eigenvalue weighted by Gasteiger charge is 2.31. The Hall–Kier alpha value is -2.51. The SMILES string of the molecule is Cc1cc2nc(CN3C[C@@H](Cc4ccccn4)[C@H](O)C3)cc(=O)n2[nH]1.